The molecule has 0 bridgehead atoms. The van der Waals surface area contributed by atoms with Crippen molar-refractivity contribution in [2.24, 2.45) is 5.92 Å². The first-order chi connectivity index (χ1) is 18.0. The number of rotatable bonds is 5. The van der Waals surface area contributed by atoms with E-state index in [-0.39, 0.29) is 5.56 Å². The SMILES string of the molecule is Cc1cc(C)n(-c2ccc(-c3ncc4c(ccn4C[C@@H]4CCNC4)c3-c3ccc(C#N)c(F)c3)cc2)n1. The number of halogens is 1. The standard InChI is InChI=1S/C30H27FN6/c1-19-13-20(2)37(35-19)25-7-5-22(6-8-25)30-29(23-3-4-24(15-32)27(31)14-23)26-10-12-36(28(26)17-34-30)18-21-9-11-33-16-21/h3-8,10,12-14,17,21,33H,9,11,16,18H2,1-2H3/t21-/m1/s1. The highest BCUT2D eigenvalue weighted by molar-refractivity contribution is 6.01. The molecule has 37 heavy (non-hydrogen) atoms. The van der Waals surface area contributed by atoms with E-state index in [2.05, 4.69) is 27.2 Å². The molecule has 2 aromatic carbocycles. The van der Waals surface area contributed by atoms with Gasteiger partial charge in [0.05, 0.1) is 34.4 Å². The summed E-state index contributed by atoms with van der Waals surface area (Å²) in [5.74, 6) is 0.0484. The van der Waals surface area contributed by atoms with Gasteiger partial charge in [-0.2, -0.15) is 10.4 Å². The van der Waals surface area contributed by atoms with Crippen molar-refractivity contribution in [1.82, 2.24) is 24.6 Å². The molecule has 7 heteroatoms. The molecule has 5 aromatic rings. The molecule has 1 saturated heterocycles. The van der Waals surface area contributed by atoms with Gasteiger partial charge in [-0.25, -0.2) is 9.07 Å². The van der Waals surface area contributed by atoms with Gasteiger partial charge < -0.3 is 9.88 Å². The molecule has 1 fully saturated rings. The Kier molecular flexibility index (Phi) is 5.82. The molecule has 1 aliphatic rings. The summed E-state index contributed by atoms with van der Waals surface area (Å²) in [6.07, 6.45) is 5.18. The van der Waals surface area contributed by atoms with Crippen molar-refractivity contribution in [1.29, 1.82) is 5.26 Å². The Morgan fingerprint density at radius 2 is 1.89 bits per heavy atom. The number of fused-ring (bicyclic) bond motifs is 1. The van der Waals surface area contributed by atoms with Gasteiger partial charge in [0, 0.05) is 34.9 Å². The van der Waals surface area contributed by atoms with Crippen LogP contribution in [-0.4, -0.2) is 32.4 Å². The van der Waals surface area contributed by atoms with Gasteiger partial charge in [0.2, 0.25) is 0 Å². The van der Waals surface area contributed by atoms with Gasteiger partial charge in [-0.1, -0.05) is 18.2 Å². The number of nitrogens with zero attached hydrogens (tertiary/aromatic N) is 5. The van der Waals surface area contributed by atoms with E-state index in [0.717, 1.165) is 70.9 Å². The minimum atomic E-state index is -0.528. The normalized spacial score (nSPS) is 15.4. The Morgan fingerprint density at radius 1 is 1.08 bits per heavy atom. The fourth-order valence-electron chi connectivity index (χ4n) is 5.39. The maximum absolute atomic E-state index is 14.8. The number of benzene rings is 2. The summed E-state index contributed by atoms with van der Waals surface area (Å²) in [5.41, 5.74) is 7.33. The van der Waals surface area contributed by atoms with Crippen LogP contribution in [-0.2, 0) is 6.54 Å². The monoisotopic (exact) mass is 490 g/mol. The molecular formula is C30H27FN6. The number of nitriles is 1. The first kappa shape index (κ1) is 23.1. The molecule has 0 radical (unpaired) electrons. The van der Waals surface area contributed by atoms with E-state index in [1.165, 1.54) is 6.07 Å². The van der Waals surface area contributed by atoms with E-state index in [0.29, 0.717) is 11.5 Å². The first-order valence-corrected chi connectivity index (χ1v) is 12.5. The average molecular weight is 491 g/mol. The molecule has 1 N–H and O–H groups in total. The predicted molar refractivity (Wildman–Crippen MR) is 143 cm³/mol. The molecule has 6 rings (SSSR count). The van der Waals surface area contributed by atoms with Crippen molar-refractivity contribution in [2.45, 2.75) is 26.8 Å². The quantitative estimate of drug-likeness (QED) is 0.338. The van der Waals surface area contributed by atoms with Crippen LogP contribution in [0.3, 0.4) is 0 Å². The lowest BCUT2D eigenvalue weighted by Crippen LogP contribution is -2.14. The van der Waals surface area contributed by atoms with Crippen LogP contribution in [0.4, 0.5) is 4.39 Å². The highest BCUT2D eigenvalue weighted by Crippen LogP contribution is 2.38. The van der Waals surface area contributed by atoms with Crippen LogP contribution in [0.1, 0.15) is 23.4 Å². The predicted octanol–water partition coefficient (Wildman–Crippen LogP) is 5.79. The maximum atomic E-state index is 14.8. The van der Waals surface area contributed by atoms with Crippen LogP contribution in [0.2, 0.25) is 0 Å². The van der Waals surface area contributed by atoms with Crippen LogP contribution >= 0.6 is 0 Å². The summed E-state index contributed by atoms with van der Waals surface area (Å²) in [7, 11) is 0. The lowest BCUT2D eigenvalue weighted by atomic mass is 9.95. The average Bonchev–Trinajstić information content (AvgIpc) is 3.64. The van der Waals surface area contributed by atoms with Gasteiger partial charge in [-0.15, -0.1) is 0 Å². The van der Waals surface area contributed by atoms with E-state index in [1.54, 1.807) is 6.07 Å². The third-order valence-electron chi connectivity index (χ3n) is 7.22. The molecule has 0 aliphatic carbocycles. The number of aromatic nitrogens is 4. The van der Waals surface area contributed by atoms with E-state index in [9.17, 15) is 9.65 Å². The summed E-state index contributed by atoms with van der Waals surface area (Å²) in [5, 5.41) is 18.3. The van der Waals surface area contributed by atoms with Crippen molar-refractivity contribution in [3.05, 3.63) is 89.8 Å². The van der Waals surface area contributed by atoms with E-state index >= 15 is 0 Å². The number of hydrogen-bond acceptors (Lipinski definition) is 4. The van der Waals surface area contributed by atoms with Crippen LogP contribution < -0.4 is 5.32 Å². The van der Waals surface area contributed by atoms with Crippen molar-refractivity contribution in [2.75, 3.05) is 13.1 Å². The van der Waals surface area contributed by atoms with Crippen LogP contribution in [0.25, 0.3) is 39.0 Å². The van der Waals surface area contributed by atoms with Gasteiger partial charge >= 0.3 is 0 Å². The number of hydrogen-bond donors (Lipinski definition) is 1. The third kappa shape index (κ3) is 4.20. The molecule has 0 spiro atoms. The molecule has 0 amide bonds. The largest absolute Gasteiger partial charge is 0.346 e. The highest BCUT2D eigenvalue weighted by Gasteiger charge is 2.20. The van der Waals surface area contributed by atoms with Crippen LogP contribution in [0.5, 0.6) is 0 Å². The van der Waals surface area contributed by atoms with Gasteiger partial charge in [0.25, 0.3) is 0 Å². The Labute approximate surface area is 215 Å². The molecule has 0 unspecified atom stereocenters. The summed E-state index contributed by atoms with van der Waals surface area (Å²) >= 11 is 0. The van der Waals surface area contributed by atoms with Gasteiger partial charge in [-0.3, -0.25) is 4.98 Å². The highest BCUT2D eigenvalue weighted by atomic mass is 19.1. The summed E-state index contributed by atoms with van der Waals surface area (Å²) in [4.78, 5) is 4.91. The fraction of sp³-hybridized carbons (Fsp3) is 0.233. The van der Waals surface area contributed by atoms with Gasteiger partial charge in [0.15, 0.2) is 0 Å². The fourth-order valence-corrected chi connectivity index (χ4v) is 5.39. The molecule has 3 aromatic heterocycles. The van der Waals surface area contributed by atoms with Crippen LogP contribution in [0.15, 0.2) is 67.0 Å². The third-order valence-corrected chi connectivity index (χ3v) is 7.22. The zero-order valence-corrected chi connectivity index (χ0v) is 20.9. The Hall–Kier alpha value is -4.28. The smallest absolute Gasteiger partial charge is 0.141 e. The van der Waals surface area contributed by atoms with Crippen molar-refractivity contribution >= 4 is 10.9 Å². The van der Waals surface area contributed by atoms with E-state index < -0.39 is 5.82 Å². The van der Waals surface area contributed by atoms with Crippen molar-refractivity contribution in [3.63, 3.8) is 0 Å². The minimum Gasteiger partial charge on any atom is -0.346 e. The van der Waals surface area contributed by atoms with Crippen molar-refractivity contribution in [3.8, 4) is 34.1 Å². The first-order valence-electron chi connectivity index (χ1n) is 12.5. The molecular weight excluding hydrogens is 463 g/mol. The summed E-state index contributed by atoms with van der Waals surface area (Å²) in [6.45, 7) is 6.99. The number of pyridine rings is 1. The van der Waals surface area contributed by atoms with Crippen molar-refractivity contribution < 1.29 is 4.39 Å². The second kappa shape index (κ2) is 9.30. The molecule has 6 nitrogen and oxygen atoms in total. The van der Waals surface area contributed by atoms with Gasteiger partial charge in [0.1, 0.15) is 11.9 Å². The number of aryl methyl sites for hydroxylation is 2. The Balaban J connectivity index is 1.49. The topological polar surface area (TPSA) is 71.5 Å². The molecule has 0 saturated carbocycles. The lowest BCUT2D eigenvalue weighted by Gasteiger charge is -2.15. The lowest BCUT2D eigenvalue weighted by molar-refractivity contribution is 0.491. The maximum Gasteiger partial charge on any atom is 0.141 e. The van der Waals surface area contributed by atoms with Gasteiger partial charge in [-0.05, 0) is 81.2 Å². The molecule has 184 valence electrons. The Bertz CT molecular complexity index is 1650. The second-order valence-corrected chi connectivity index (χ2v) is 9.80. The summed E-state index contributed by atoms with van der Waals surface area (Å²) < 4.78 is 18.9. The Morgan fingerprint density at radius 3 is 2.57 bits per heavy atom. The number of nitrogens with one attached hydrogen (secondary N) is 1. The molecule has 4 heterocycles. The second-order valence-electron chi connectivity index (χ2n) is 9.80. The minimum absolute atomic E-state index is 0.0333. The molecule has 1 aliphatic heterocycles. The van der Waals surface area contributed by atoms with E-state index in [4.69, 9.17) is 4.98 Å². The van der Waals surface area contributed by atoms with Crippen LogP contribution in [0, 0.1) is 36.9 Å². The molecule has 1 atom stereocenters. The zero-order valence-electron chi connectivity index (χ0n) is 20.9. The summed E-state index contributed by atoms with van der Waals surface area (Å²) in [6, 6.07) is 19.0. The van der Waals surface area contributed by atoms with E-state index in [1.807, 2.05) is 67.2 Å². The zero-order chi connectivity index (χ0) is 25.5.